The van der Waals surface area contributed by atoms with Crippen LogP contribution in [0.3, 0.4) is 0 Å². The normalized spacial score (nSPS) is 11.2. The van der Waals surface area contributed by atoms with Gasteiger partial charge in [-0.2, -0.15) is 0 Å². The highest BCUT2D eigenvalue weighted by atomic mass is 16.3. The van der Waals surface area contributed by atoms with E-state index in [1.165, 1.54) is 0 Å². The van der Waals surface area contributed by atoms with Crippen LogP contribution < -0.4 is 4.90 Å². The number of furan rings is 1. The summed E-state index contributed by atoms with van der Waals surface area (Å²) in [6, 6.07) is 40.0. The summed E-state index contributed by atoms with van der Waals surface area (Å²) in [4.78, 5) is 10.6. The van der Waals surface area contributed by atoms with Crippen LogP contribution in [0, 0.1) is 0 Å². The average molecular weight is 490 g/mol. The molecule has 0 saturated carbocycles. The number of anilines is 3. The lowest BCUT2D eigenvalue weighted by Gasteiger charge is -2.26. The molecule has 4 heteroatoms. The summed E-state index contributed by atoms with van der Waals surface area (Å²) in [5, 5.41) is 2.22. The molecule has 7 rings (SSSR count). The quantitative estimate of drug-likeness (QED) is 0.242. The van der Waals surface area contributed by atoms with Gasteiger partial charge in [0.05, 0.1) is 0 Å². The predicted octanol–water partition coefficient (Wildman–Crippen LogP) is 9.18. The standard InChI is InChI=1S/C34H23N3O/c1-2-4-33-31(3-1)32-23-30(13-14-34(32)38-33)37(28-9-5-24(6-10-28)26-15-19-35-20-16-26)29-11-7-25(8-12-29)27-17-21-36-22-18-27/h1-23H. The summed E-state index contributed by atoms with van der Waals surface area (Å²) in [6.07, 6.45) is 7.30. The van der Waals surface area contributed by atoms with Gasteiger partial charge in [0.15, 0.2) is 0 Å². The molecule has 0 N–H and O–H groups in total. The molecule has 0 unspecified atom stereocenters. The number of hydrogen-bond acceptors (Lipinski definition) is 4. The minimum Gasteiger partial charge on any atom is -0.456 e. The predicted molar refractivity (Wildman–Crippen MR) is 155 cm³/mol. The molecule has 3 aromatic heterocycles. The first-order chi connectivity index (χ1) is 18.8. The minimum absolute atomic E-state index is 0.885. The topological polar surface area (TPSA) is 42.2 Å². The number of para-hydroxylation sites is 1. The second-order valence-electron chi connectivity index (χ2n) is 9.18. The fourth-order valence-corrected chi connectivity index (χ4v) is 4.99. The van der Waals surface area contributed by atoms with Gasteiger partial charge < -0.3 is 9.32 Å². The molecule has 0 radical (unpaired) electrons. The highest BCUT2D eigenvalue weighted by Gasteiger charge is 2.16. The molecule has 4 nitrogen and oxygen atoms in total. The van der Waals surface area contributed by atoms with Crippen LogP contribution in [0.1, 0.15) is 0 Å². The molecular weight excluding hydrogens is 466 g/mol. The fraction of sp³-hybridized carbons (Fsp3) is 0. The second-order valence-corrected chi connectivity index (χ2v) is 9.18. The van der Waals surface area contributed by atoms with E-state index in [-0.39, 0.29) is 0 Å². The first-order valence-electron chi connectivity index (χ1n) is 12.6. The van der Waals surface area contributed by atoms with Gasteiger partial charge in [0.1, 0.15) is 11.2 Å². The van der Waals surface area contributed by atoms with Crippen molar-refractivity contribution in [1.82, 2.24) is 9.97 Å². The van der Waals surface area contributed by atoms with E-state index in [9.17, 15) is 0 Å². The first-order valence-corrected chi connectivity index (χ1v) is 12.6. The Labute approximate surface area is 220 Å². The summed E-state index contributed by atoms with van der Waals surface area (Å²) >= 11 is 0. The smallest absolute Gasteiger partial charge is 0.135 e. The van der Waals surface area contributed by atoms with E-state index in [0.717, 1.165) is 61.3 Å². The molecule has 0 atom stereocenters. The lowest BCUT2D eigenvalue weighted by Crippen LogP contribution is -2.09. The third-order valence-corrected chi connectivity index (χ3v) is 6.90. The Hall–Kier alpha value is -5.22. The molecule has 0 spiro atoms. The Morgan fingerprint density at radius 1 is 0.421 bits per heavy atom. The van der Waals surface area contributed by atoms with Gasteiger partial charge >= 0.3 is 0 Å². The maximum Gasteiger partial charge on any atom is 0.135 e. The maximum absolute atomic E-state index is 6.10. The molecule has 3 heterocycles. The van der Waals surface area contributed by atoms with Gasteiger partial charge in [0.2, 0.25) is 0 Å². The molecule has 0 aliphatic carbocycles. The van der Waals surface area contributed by atoms with Crippen LogP contribution in [0.15, 0.2) is 144 Å². The van der Waals surface area contributed by atoms with Gasteiger partial charge in [-0.1, -0.05) is 42.5 Å². The SMILES string of the molecule is c1ccc2c(c1)oc1ccc(N(c3ccc(-c4ccncc4)cc3)c3ccc(-c4ccncc4)cc3)cc12. The van der Waals surface area contributed by atoms with Crippen LogP contribution in [0.4, 0.5) is 17.1 Å². The summed E-state index contributed by atoms with van der Waals surface area (Å²) in [7, 11) is 0. The second kappa shape index (κ2) is 9.34. The molecule has 0 fully saturated rings. The van der Waals surface area contributed by atoms with E-state index >= 15 is 0 Å². The number of pyridine rings is 2. The van der Waals surface area contributed by atoms with Gasteiger partial charge in [-0.15, -0.1) is 0 Å². The van der Waals surface area contributed by atoms with Gasteiger partial charge in [-0.25, -0.2) is 0 Å². The zero-order chi connectivity index (χ0) is 25.3. The Bertz CT molecular complexity index is 1760. The summed E-state index contributed by atoms with van der Waals surface area (Å²) < 4.78 is 6.10. The first kappa shape index (κ1) is 22.0. The Morgan fingerprint density at radius 2 is 0.895 bits per heavy atom. The largest absolute Gasteiger partial charge is 0.456 e. The lowest BCUT2D eigenvalue weighted by molar-refractivity contribution is 0.669. The molecule has 0 aliphatic heterocycles. The molecule has 0 saturated heterocycles. The van der Waals surface area contributed by atoms with Gasteiger partial charge in [-0.3, -0.25) is 9.97 Å². The molecule has 0 bridgehead atoms. The number of rotatable bonds is 5. The van der Waals surface area contributed by atoms with Crippen molar-refractivity contribution in [2.45, 2.75) is 0 Å². The van der Waals surface area contributed by atoms with Crippen molar-refractivity contribution in [2.24, 2.45) is 0 Å². The van der Waals surface area contributed by atoms with E-state index in [0.29, 0.717) is 0 Å². The van der Waals surface area contributed by atoms with Crippen LogP contribution in [0.2, 0.25) is 0 Å². The molecule has 7 aromatic rings. The number of fused-ring (bicyclic) bond motifs is 3. The van der Waals surface area contributed by atoms with Gasteiger partial charge in [0, 0.05) is 52.6 Å². The molecular formula is C34H23N3O. The highest BCUT2D eigenvalue weighted by molar-refractivity contribution is 6.06. The van der Waals surface area contributed by atoms with E-state index < -0.39 is 0 Å². The average Bonchev–Trinajstić information content (AvgIpc) is 3.37. The minimum atomic E-state index is 0.885. The van der Waals surface area contributed by atoms with E-state index in [2.05, 4.69) is 93.7 Å². The van der Waals surface area contributed by atoms with E-state index in [4.69, 9.17) is 4.42 Å². The maximum atomic E-state index is 6.10. The third kappa shape index (κ3) is 3.98. The van der Waals surface area contributed by atoms with Crippen molar-refractivity contribution in [2.75, 3.05) is 4.90 Å². The Morgan fingerprint density at radius 3 is 1.47 bits per heavy atom. The summed E-state index contributed by atoms with van der Waals surface area (Å²) in [5.74, 6) is 0. The van der Waals surface area contributed by atoms with E-state index in [1.54, 1.807) is 0 Å². The molecule has 38 heavy (non-hydrogen) atoms. The Balaban J connectivity index is 1.35. The highest BCUT2D eigenvalue weighted by Crippen LogP contribution is 2.39. The van der Waals surface area contributed by atoms with Crippen molar-refractivity contribution in [3.05, 3.63) is 140 Å². The van der Waals surface area contributed by atoms with E-state index in [1.807, 2.05) is 61.2 Å². The third-order valence-electron chi connectivity index (χ3n) is 6.90. The van der Waals surface area contributed by atoms with Gasteiger partial charge in [-0.05, 0) is 95.1 Å². The van der Waals surface area contributed by atoms with Crippen LogP contribution in [0.5, 0.6) is 0 Å². The zero-order valence-corrected chi connectivity index (χ0v) is 20.5. The molecule has 0 aliphatic rings. The van der Waals surface area contributed by atoms with Crippen molar-refractivity contribution < 1.29 is 4.42 Å². The van der Waals surface area contributed by atoms with Crippen LogP contribution >= 0.6 is 0 Å². The van der Waals surface area contributed by atoms with Crippen molar-refractivity contribution in [3.63, 3.8) is 0 Å². The number of hydrogen-bond donors (Lipinski definition) is 0. The molecule has 0 amide bonds. The van der Waals surface area contributed by atoms with Crippen LogP contribution in [-0.2, 0) is 0 Å². The van der Waals surface area contributed by atoms with Crippen molar-refractivity contribution in [1.29, 1.82) is 0 Å². The zero-order valence-electron chi connectivity index (χ0n) is 20.5. The number of nitrogens with zero attached hydrogens (tertiary/aromatic N) is 3. The summed E-state index contributed by atoms with van der Waals surface area (Å²) in [5.41, 5.74) is 9.60. The van der Waals surface area contributed by atoms with Crippen molar-refractivity contribution in [3.8, 4) is 22.3 Å². The van der Waals surface area contributed by atoms with Gasteiger partial charge in [0.25, 0.3) is 0 Å². The van der Waals surface area contributed by atoms with Crippen molar-refractivity contribution >= 4 is 39.0 Å². The lowest BCUT2D eigenvalue weighted by atomic mass is 10.0. The number of aromatic nitrogens is 2. The molecule has 4 aromatic carbocycles. The monoisotopic (exact) mass is 489 g/mol. The van der Waals surface area contributed by atoms with Crippen LogP contribution in [-0.4, -0.2) is 9.97 Å². The summed E-state index contributed by atoms with van der Waals surface area (Å²) in [6.45, 7) is 0. The van der Waals surface area contributed by atoms with Crippen LogP contribution in [0.25, 0.3) is 44.2 Å². The fourth-order valence-electron chi connectivity index (χ4n) is 4.99. The Kier molecular flexibility index (Phi) is 5.41. The molecule has 180 valence electrons. The number of benzene rings is 4.